The van der Waals surface area contributed by atoms with Crippen molar-refractivity contribution in [2.75, 3.05) is 0 Å². The Bertz CT molecular complexity index is 1370. The molecule has 34 heavy (non-hydrogen) atoms. The lowest BCUT2D eigenvalue weighted by molar-refractivity contribution is -0.289. The number of H-pyrrole nitrogens is 1. The highest BCUT2D eigenvalue weighted by Gasteiger charge is 2.58. The summed E-state index contributed by atoms with van der Waals surface area (Å²) in [6.45, 7) is 0. The van der Waals surface area contributed by atoms with Gasteiger partial charge in [-0.25, -0.2) is 4.99 Å². The van der Waals surface area contributed by atoms with Crippen molar-refractivity contribution in [1.82, 2.24) is 4.98 Å². The lowest BCUT2D eigenvalue weighted by Crippen LogP contribution is -2.33. The van der Waals surface area contributed by atoms with E-state index in [4.69, 9.17) is 58.0 Å². The van der Waals surface area contributed by atoms with Crippen molar-refractivity contribution in [3.8, 4) is 17.1 Å². The van der Waals surface area contributed by atoms with E-state index in [2.05, 4.69) is 9.98 Å². The molecule has 0 atom stereocenters. The zero-order valence-corrected chi connectivity index (χ0v) is 19.7. The fourth-order valence-electron chi connectivity index (χ4n) is 3.36. The van der Waals surface area contributed by atoms with Crippen molar-refractivity contribution in [3.05, 3.63) is 71.6 Å². The maximum Gasteiger partial charge on any atom is 0.458 e. The van der Waals surface area contributed by atoms with Crippen LogP contribution in [0, 0.1) is 0 Å². The molecule has 2 N–H and O–H groups in total. The van der Waals surface area contributed by atoms with E-state index in [0.29, 0.717) is 12.1 Å². The largest absolute Gasteiger partial charge is 0.494 e. The summed E-state index contributed by atoms with van der Waals surface area (Å²) in [6, 6.07) is 2.98. The Morgan fingerprint density at radius 1 is 0.765 bits per heavy atom. The number of alkyl halides is 5. The van der Waals surface area contributed by atoms with E-state index in [9.17, 15) is 31.9 Å². The van der Waals surface area contributed by atoms with Gasteiger partial charge in [-0.2, -0.15) is 22.0 Å². The molecule has 178 valence electrons. The minimum Gasteiger partial charge on any atom is -0.494 e. The second kappa shape index (κ2) is 8.27. The number of benzene rings is 2. The standard InChI is InChI=1S/C20H6Cl5F5N2O2/c21-10-9(11(22)13(24)14(25)12(10)23)16-8-7(17(33)32-16)15(31-18(8)34)5-1-3-6(4-2-5)19(26,27)20(28,29)30/h1-4,31,34H. The maximum absolute atomic E-state index is 13.6. The van der Waals surface area contributed by atoms with Gasteiger partial charge in [0.15, 0.2) is 5.88 Å². The number of rotatable bonds is 3. The van der Waals surface area contributed by atoms with Crippen molar-refractivity contribution in [2.24, 2.45) is 4.99 Å². The van der Waals surface area contributed by atoms with Crippen LogP contribution in [0.5, 0.6) is 5.88 Å². The molecular formula is C20H6Cl5F5N2O2. The van der Waals surface area contributed by atoms with Crippen LogP contribution in [0.1, 0.15) is 27.0 Å². The third-order valence-corrected chi connectivity index (χ3v) is 7.26. The molecule has 0 radical (unpaired) electrons. The van der Waals surface area contributed by atoms with Crippen LogP contribution in [-0.2, 0) is 5.92 Å². The maximum atomic E-state index is 13.6. The molecule has 1 aromatic heterocycles. The quantitative estimate of drug-likeness (QED) is 0.187. The number of carbonyl (C=O) groups excluding carboxylic acids is 1. The first kappa shape index (κ1) is 25.1. The molecule has 14 heteroatoms. The molecule has 4 rings (SSSR count). The van der Waals surface area contributed by atoms with Crippen molar-refractivity contribution in [3.63, 3.8) is 0 Å². The third-order valence-electron chi connectivity index (χ3n) is 4.98. The van der Waals surface area contributed by atoms with Gasteiger partial charge in [-0.15, -0.1) is 0 Å². The molecule has 0 fully saturated rings. The first-order valence-corrected chi connectivity index (χ1v) is 10.7. The minimum atomic E-state index is -5.79. The molecule has 1 amide bonds. The molecule has 0 bridgehead atoms. The van der Waals surface area contributed by atoms with Crippen LogP contribution in [0.25, 0.3) is 11.3 Å². The molecule has 1 aliphatic heterocycles. The smallest absolute Gasteiger partial charge is 0.458 e. The summed E-state index contributed by atoms with van der Waals surface area (Å²) < 4.78 is 65.1. The average molecular weight is 579 g/mol. The molecular weight excluding hydrogens is 572 g/mol. The highest BCUT2D eigenvalue weighted by atomic mass is 35.5. The SMILES string of the molecule is O=C1N=C(c2c(Cl)c(Cl)c(Cl)c(Cl)c2Cl)c2c(O)[nH]c(-c3ccc(C(F)(F)C(F)(F)F)cc3)c21. The van der Waals surface area contributed by atoms with Gasteiger partial charge in [0.1, 0.15) is 0 Å². The number of hydrogen-bond donors (Lipinski definition) is 2. The van der Waals surface area contributed by atoms with E-state index < -0.39 is 29.4 Å². The molecule has 0 spiro atoms. The zero-order valence-electron chi connectivity index (χ0n) is 15.9. The van der Waals surface area contributed by atoms with E-state index >= 15 is 0 Å². The summed E-state index contributed by atoms with van der Waals surface area (Å²) in [5, 5.41) is 9.55. The molecule has 2 aromatic carbocycles. The molecule has 0 saturated heterocycles. The van der Waals surface area contributed by atoms with Crippen molar-refractivity contribution in [1.29, 1.82) is 0 Å². The van der Waals surface area contributed by atoms with E-state index in [0.717, 1.165) is 12.1 Å². The van der Waals surface area contributed by atoms with Crippen molar-refractivity contribution in [2.45, 2.75) is 12.1 Å². The Morgan fingerprint density at radius 2 is 1.26 bits per heavy atom. The molecule has 0 aliphatic carbocycles. The van der Waals surface area contributed by atoms with Gasteiger partial charge in [0.2, 0.25) is 0 Å². The third kappa shape index (κ3) is 3.65. The molecule has 3 aromatic rings. The predicted octanol–water partition coefficient (Wildman–Crippen LogP) is 8.30. The lowest BCUT2D eigenvalue weighted by atomic mass is 9.98. The van der Waals surface area contributed by atoms with Crippen molar-refractivity contribution >= 4 is 69.6 Å². The Morgan fingerprint density at radius 3 is 1.76 bits per heavy atom. The lowest BCUT2D eigenvalue weighted by Gasteiger charge is -2.19. The second-order valence-corrected chi connectivity index (χ2v) is 8.85. The number of amides is 1. The van der Waals surface area contributed by atoms with E-state index in [-0.39, 0.29) is 58.8 Å². The van der Waals surface area contributed by atoms with Crippen LogP contribution >= 0.6 is 58.0 Å². The molecule has 2 heterocycles. The number of hydrogen-bond acceptors (Lipinski definition) is 2. The zero-order chi connectivity index (χ0) is 25.3. The first-order chi connectivity index (χ1) is 15.7. The summed E-state index contributed by atoms with van der Waals surface area (Å²) in [5.74, 6) is -6.54. The number of aromatic amines is 1. The fraction of sp³-hybridized carbons (Fsp3) is 0.100. The normalized spacial score (nSPS) is 13.9. The number of aromatic nitrogens is 1. The summed E-state index contributed by atoms with van der Waals surface area (Å²) in [4.78, 5) is 19.1. The summed E-state index contributed by atoms with van der Waals surface area (Å²) in [5.41, 5.74) is -2.01. The number of nitrogens with one attached hydrogen (secondary N) is 1. The van der Waals surface area contributed by atoms with Crippen LogP contribution < -0.4 is 0 Å². The Hall–Kier alpha value is -2.04. The van der Waals surface area contributed by atoms with E-state index in [1.807, 2.05) is 0 Å². The van der Waals surface area contributed by atoms with Crippen LogP contribution in [-0.4, -0.2) is 27.9 Å². The highest BCUT2D eigenvalue weighted by Crippen LogP contribution is 2.48. The van der Waals surface area contributed by atoms with Crippen LogP contribution in [0.4, 0.5) is 22.0 Å². The summed E-state index contributed by atoms with van der Waals surface area (Å²) in [7, 11) is 0. The van der Waals surface area contributed by atoms with Crippen LogP contribution in [0.2, 0.25) is 25.1 Å². The number of halogens is 10. The van der Waals surface area contributed by atoms with Gasteiger partial charge in [0.05, 0.1) is 47.6 Å². The van der Waals surface area contributed by atoms with Gasteiger partial charge in [-0.1, -0.05) is 82.3 Å². The van der Waals surface area contributed by atoms with Gasteiger partial charge >= 0.3 is 12.1 Å². The molecule has 0 saturated carbocycles. The molecule has 0 unspecified atom stereocenters. The van der Waals surface area contributed by atoms with Gasteiger partial charge in [-0.05, 0) is 5.56 Å². The number of aromatic hydroxyl groups is 1. The van der Waals surface area contributed by atoms with Crippen molar-refractivity contribution < 1.29 is 31.9 Å². The topological polar surface area (TPSA) is 65.4 Å². The van der Waals surface area contributed by atoms with E-state index in [1.54, 1.807) is 0 Å². The number of carbonyl (C=O) groups is 1. The van der Waals surface area contributed by atoms with Gasteiger partial charge in [-0.3, -0.25) is 4.79 Å². The molecule has 4 nitrogen and oxygen atoms in total. The summed E-state index contributed by atoms with van der Waals surface area (Å²) in [6.07, 6.45) is -5.79. The van der Waals surface area contributed by atoms with Crippen LogP contribution in [0.3, 0.4) is 0 Å². The number of nitrogens with zero attached hydrogens (tertiary/aromatic N) is 1. The first-order valence-electron chi connectivity index (χ1n) is 8.84. The Kier molecular flexibility index (Phi) is 6.10. The molecule has 1 aliphatic rings. The van der Waals surface area contributed by atoms with E-state index in [1.165, 1.54) is 0 Å². The monoisotopic (exact) mass is 576 g/mol. The second-order valence-electron chi connectivity index (χ2n) is 6.96. The van der Waals surface area contributed by atoms with Gasteiger partial charge < -0.3 is 10.1 Å². The van der Waals surface area contributed by atoms with Gasteiger partial charge in [0.25, 0.3) is 5.91 Å². The van der Waals surface area contributed by atoms with Gasteiger partial charge in [0, 0.05) is 11.1 Å². The minimum absolute atomic E-state index is 0.0208. The highest BCUT2D eigenvalue weighted by molar-refractivity contribution is 6.57. The fourth-order valence-corrected chi connectivity index (χ4v) is 4.68. The number of aliphatic imine (C=N–C) groups is 1. The summed E-state index contributed by atoms with van der Waals surface area (Å²) >= 11 is 30.6. The number of fused-ring (bicyclic) bond motifs is 1. The van der Waals surface area contributed by atoms with Crippen LogP contribution in [0.15, 0.2) is 29.3 Å². The predicted molar refractivity (Wildman–Crippen MR) is 119 cm³/mol. The Labute approximate surface area is 211 Å². The average Bonchev–Trinajstić information content (AvgIpc) is 3.29. The Balaban J connectivity index is 1.84.